The molecule has 2 aromatic carbocycles. The zero-order chi connectivity index (χ0) is 18.3. The smallest absolute Gasteiger partial charge is 0.161 e. The first kappa shape index (κ1) is 16.5. The van der Waals surface area contributed by atoms with Gasteiger partial charge in [-0.05, 0) is 54.3 Å². The van der Waals surface area contributed by atoms with E-state index in [2.05, 4.69) is 15.4 Å². The Hall–Kier alpha value is -2.93. The third kappa shape index (κ3) is 2.70. The van der Waals surface area contributed by atoms with Crippen LogP contribution in [0.5, 0.6) is 11.5 Å². The van der Waals surface area contributed by atoms with Crippen LogP contribution in [-0.4, -0.2) is 29.6 Å². The van der Waals surface area contributed by atoms with E-state index in [0.717, 1.165) is 26.2 Å². The number of ether oxygens (including phenoxy) is 2. The standard InChI is InChI=1S/C19H16FN3O2S/c1-10-6-16-12(7-13(10)20)9-17(26-16)19-18(21-23-22-19)11-4-5-14(24-2)15(8-11)25-3/h4-9H,1-3H3,(H,21,22,23). The van der Waals surface area contributed by atoms with Crippen molar-refractivity contribution in [3.05, 3.63) is 47.8 Å². The summed E-state index contributed by atoms with van der Waals surface area (Å²) in [6.45, 7) is 1.76. The van der Waals surface area contributed by atoms with Crippen LogP contribution in [0.25, 0.3) is 31.9 Å². The van der Waals surface area contributed by atoms with Crippen molar-refractivity contribution in [1.29, 1.82) is 0 Å². The molecular weight excluding hydrogens is 353 g/mol. The van der Waals surface area contributed by atoms with Crippen LogP contribution in [0, 0.1) is 12.7 Å². The summed E-state index contributed by atoms with van der Waals surface area (Å²) in [6.07, 6.45) is 0. The van der Waals surface area contributed by atoms with Crippen LogP contribution in [0.15, 0.2) is 36.4 Å². The first-order chi connectivity index (χ1) is 12.6. The van der Waals surface area contributed by atoms with Gasteiger partial charge < -0.3 is 9.47 Å². The fourth-order valence-electron chi connectivity index (χ4n) is 2.86. The van der Waals surface area contributed by atoms with E-state index >= 15 is 0 Å². The number of aromatic amines is 1. The number of hydrogen-bond acceptors (Lipinski definition) is 5. The number of halogens is 1. The summed E-state index contributed by atoms with van der Waals surface area (Å²) >= 11 is 1.56. The summed E-state index contributed by atoms with van der Waals surface area (Å²) in [4.78, 5) is 0.920. The molecule has 2 heterocycles. The highest BCUT2D eigenvalue weighted by Crippen LogP contribution is 2.39. The van der Waals surface area contributed by atoms with Gasteiger partial charge in [0.05, 0.1) is 19.1 Å². The minimum atomic E-state index is -0.206. The Kier molecular flexibility index (Phi) is 4.08. The molecular formula is C19H16FN3O2S. The lowest BCUT2D eigenvalue weighted by molar-refractivity contribution is 0.355. The molecule has 0 radical (unpaired) electrons. The van der Waals surface area contributed by atoms with Gasteiger partial charge in [0.15, 0.2) is 11.5 Å². The number of aromatic nitrogens is 3. The van der Waals surface area contributed by atoms with E-state index in [4.69, 9.17) is 9.47 Å². The second kappa shape index (κ2) is 6.42. The van der Waals surface area contributed by atoms with Crippen LogP contribution in [0.4, 0.5) is 4.39 Å². The lowest BCUT2D eigenvalue weighted by Crippen LogP contribution is -1.91. The molecule has 2 aromatic heterocycles. The van der Waals surface area contributed by atoms with Crippen molar-refractivity contribution in [2.75, 3.05) is 14.2 Å². The fourth-order valence-corrected chi connectivity index (χ4v) is 4.00. The molecule has 0 amide bonds. The monoisotopic (exact) mass is 369 g/mol. The normalized spacial score (nSPS) is 11.1. The first-order valence-corrected chi connectivity index (χ1v) is 8.75. The average molecular weight is 369 g/mol. The van der Waals surface area contributed by atoms with E-state index in [0.29, 0.717) is 22.8 Å². The maximum absolute atomic E-state index is 13.8. The molecule has 0 saturated carbocycles. The van der Waals surface area contributed by atoms with Gasteiger partial charge in [0.2, 0.25) is 0 Å². The van der Waals surface area contributed by atoms with Crippen LogP contribution in [-0.2, 0) is 0 Å². The average Bonchev–Trinajstić information content (AvgIpc) is 3.28. The molecule has 0 aliphatic rings. The van der Waals surface area contributed by atoms with Crippen LogP contribution < -0.4 is 9.47 Å². The van der Waals surface area contributed by atoms with Crippen molar-refractivity contribution in [2.45, 2.75) is 6.92 Å². The Morgan fingerprint density at radius 1 is 0.962 bits per heavy atom. The van der Waals surface area contributed by atoms with E-state index in [1.54, 1.807) is 38.5 Å². The lowest BCUT2D eigenvalue weighted by atomic mass is 10.1. The van der Waals surface area contributed by atoms with Crippen LogP contribution >= 0.6 is 11.3 Å². The Morgan fingerprint density at radius 3 is 2.50 bits per heavy atom. The molecule has 5 nitrogen and oxygen atoms in total. The molecule has 1 N–H and O–H groups in total. The number of thiophene rings is 1. The Labute approximate surface area is 153 Å². The third-order valence-electron chi connectivity index (χ3n) is 4.24. The van der Waals surface area contributed by atoms with E-state index in [-0.39, 0.29) is 5.82 Å². The highest BCUT2D eigenvalue weighted by molar-refractivity contribution is 7.22. The largest absolute Gasteiger partial charge is 0.493 e. The van der Waals surface area contributed by atoms with Crippen molar-refractivity contribution >= 4 is 21.4 Å². The summed E-state index contributed by atoms with van der Waals surface area (Å²) < 4.78 is 25.5. The molecule has 0 aliphatic heterocycles. The maximum atomic E-state index is 13.8. The molecule has 132 valence electrons. The van der Waals surface area contributed by atoms with Gasteiger partial charge >= 0.3 is 0 Å². The SMILES string of the molecule is COc1ccc(-c2n[nH]nc2-c2cc3cc(F)c(C)cc3s2)cc1OC. The number of nitrogens with one attached hydrogen (secondary N) is 1. The summed E-state index contributed by atoms with van der Waals surface area (Å²) in [5, 5.41) is 12.2. The highest BCUT2D eigenvalue weighted by atomic mass is 32.1. The molecule has 0 aliphatic carbocycles. The van der Waals surface area contributed by atoms with Crippen molar-refractivity contribution in [3.8, 4) is 33.3 Å². The van der Waals surface area contributed by atoms with Gasteiger partial charge in [-0.15, -0.1) is 11.3 Å². The van der Waals surface area contributed by atoms with E-state index in [1.165, 1.54) is 0 Å². The number of hydrogen-bond donors (Lipinski definition) is 1. The van der Waals surface area contributed by atoms with E-state index in [1.807, 2.05) is 30.3 Å². The van der Waals surface area contributed by atoms with Crippen LogP contribution in [0.3, 0.4) is 0 Å². The van der Waals surface area contributed by atoms with Crippen LogP contribution in [0.2, 0.25) is 0 Å². The number of H-pyrrole nitrogens is 1. The van der Waals surface area contributed by atoms with Crippen LogP contribution in [0.1, 0.15) is 5.56 Å². The van der Waals surface area contributed by atoms with Crippen molar-refractivity contribution in [1.82, 2.24) is 15.4 Å². The number of benzene rings is 2. The first-order valence-electron chi connectivity index (χ1n) is 7.94. The molecule has 4 aromatic rings. The van der Waals surface area contributed by atoms with Gasteiger partial charge in [-0.2, -0.15) is 15.4 Å². The Morgan fingerprint density at radius 2 is 1.73 bits per heavy atom. The zero-order valence-corrected chi connectivity index (χ0v) is 15.3. The molecule has 4 rings (SSSR count). The van der Waals surface area contributed by atoms with Gasteiger partial charge in [-0.3, -0.25) is 0 Å². The second-order valence-electron chi connectivity index (χ2n) is 5.84. The molecule has 0 fully saturated rings. The van der Waals surface area contributed by atoms with Crippen molar-refractivity contribution < 1.29 is 13.9 Å². The summed E-state index contributed by atoms with van der Waals surface area (Å²) in [6, 6.07) is 10.9. The Bertz CT molecular complexity index is 1060. The molecule has 0 atom stereocenters. The van der Waals surface area contributed by atoms with Crippen molar-refractivity contribution in [3.63, 3.8) is 0 Å². The third-order valence-corrected chi connectivity index (χ3v) is 5.34. The van der Waals surface area contributed by atoms with Gasteiger partial charge in [-0.1, -0.05) is 0 Å². The molecule has 0 unspecified atom stereocenters. The summed E-state index contributed by atoms with van der Waals surface area (Å²) in [5.74, 6) is 1.06. The minimum Gasteiger partial charge on any atom is -0.493 e. The summed E-state index contributed by atoms with van der Waals surface area (Å²) in [5.41, 5.74) is 2.91. The minimum absolute atomic E-state index is 0.206. The molecule has 26 heavy (non-hydrogen) atoms. The van der Waals surface area contributed by atoms with Gasteiger partial charge in [0.25, 0.3) is 0 Å². The number of fused-ring (bicyclic) bond motifs is 1. The lowest BCUT2D eigenvalue weighted by Gasteiger charge is -2.08. The van der Waals surface area contributed by atoms with E-state index < -0.39 is 0 Å². The predicted molar refractivity (Wildman–Crippen MR) is 100 cm³/mol. The van der Waals surface area contributed by atoms with Gasteiger partial charge in [0.1, 0.15) is 17.2 Å². The highest BCUT2D eigenvalue weighted by Gasteiger charge is 2.17. The summed E-state index contributed by atoms with van der Waals surface area (Å²) in [7, 11) is 3.19. The number of aryl methyl sites for hydroxylation is 1. The van der Waals surface area contributed by atoms with Gasteiger partial charge in [-0.25, -0.2) is 4.39 Å². The van der Waals surface area contributed by atoms with Crippen molar-refractivity contribution in [2.24, 2.45) is 0 Å². The topological polar surface area (TPSA) is 60.0 Å². The number of rotatable bonds is 4. The molecule has 0 spiro atoms. The molecule has 0 bridgehead atoms. The number of methoxy groups -OCH3 is 2. The second-order valence-corrected chi connectivity index (χ2v) is 6.92. The number of nitrogens with zero attached hydrogens (tertiary/aromatic N) is 2. The fraction of sp³-hybridized carbons (Fsp3) is 0.158. The maximum Gasteiger partial charge on any atom is 0.161 e. The molecule has 0 saturated heterocycles. The zero-order valence-electron chi connectivity index (χ0n) is 14.5. The van der Waals surface area contributed by atoms with E-state index in [9.17, 15) is 4.39 Å². The quantitative estimate of drug-likeness (QED) is 0.560. The van der Waals surface area contributed by atoms with Gasteiger partial charge in [0, 0.05) is 10.3 Å². The predicted octanol–water partition coefficient (Wildman–Crippen LogP) is 4.82. The Balaban J connectivity index is 1.83. The molecule has 7 heteroatoms.